The summed E-state index contributed by atoms with van der Waals surface area (Å²) >= 11 is 0. The van der Waals surface area contributed by atoms with E-state index in [-0.39, 0.29) is 22.0 Å². The van der Waals surface area contributed by atoms with Gasteiger partial charge in [-0.1, -0.05) is 147 Å². The molecule has 0 unspecified atom stereocenters. The molecule has 4 nitrogen and oxygen atoms in total. The third kappa shape index (κ3) is 7.91. The largest absolute Gasteiger partial charge is 0.507 e. The van der Waals surface area contributed by atoms with E-state index >= 15 is 0 Å². The zero-order chi connectivity index (χ0) is 42.7. The molecule has 8 aromatic rings. The van der Waals surface area contributed by atoms with Gasteiger partial charge in [0.1, 0.15) is 11.6 Å². The second kappa shape index (κ2) is 15.1. The minimum atomic E-state index is -0.129. The van der Waals surface area contributed by atoms with E-state index < -0.39 is 0 Å². The molecular weight excluding hydrogens is 731 g/mol. The van der Waals surface area contributed by atoms with Gasteiger partial charge in [-0.3, -0.25) is 9.55 Å². The minimum Gasteiger partial charge on any atom is -0.507 e. The number of nitrogens with zero attached hydrogens (tertiary/aromatic N) is 3. The monoisotopic (exact) mass is 787 g/mol. The normalized spacial score (nSPS) is 12.3. The van der Waals surface area contributed by atoms with Crippen molar-refractivity contribution in [1.29, 1.82) is 0 Å². The molecule has 0 amide bonds. The number of fused-ring (bicyclic) bond motifs is 1. The number of aryl methyl sites for hydroxylation is 2. The lowest BCUT2D eigenvalue weighted by Gasteiger charge is -2.23. The summed E-state index contributed by atoms with van der Waals surface area (Å²) in [5.41, 5.74) is 17.7. The topological polar surface area (TPSA) is 50.9 Å². The van der Waals surface area contributed by atoms with E-state index in [1.807, 2.05) is 19.2 Å². The van der Waals surface area contributed by atoms with Crippen LogP contribution in [0.2, 0.25) is 0 Å². The Morgan fingerprint density at radius 3 is 1.80 bits per heavy atom. The summed E-state index contributed by atoms with van der Waals surface area (Å²) in [5, 5.41) is 11.8. The van der Waals surface area contributed by atoms with Gasteiger partial charge in [-0.15, -0.1) is 0 Å². The second-order valence-electron chi connectivity index (χ2n) is 19.6. The second-order valence-corrected chi connectivity index (χ2v) is 19.6. The van der Waals surface area contributed by atoms with E-state index in [4.69, 9.17) is 9.97 Å². The van der Waals surface area contributed by atoms with Crippen LogP contribution in [0.15, 0.2) is 140 Å². The van der Waals surface area contributed by atoms with E-state index in [1.165, 1.54) is 22.3 Å². The molecule has 0 atom stereocenters. The lowest BCUT2D eigenvalue weighted by atomic mass is 9.83. The molecule has 0 saturated heterocycles. The van der Waals surface area contributed by atoms with Crippen LogP contribution in [0.5, 0.6) is 5.75 Å². The molecule has 0 aliphatic rings. The summed E-state index contributed by atoms with van der Waals surface area (Å²) in [7, 11) is 0. The van der Waals surface area contributed by atoms with E-state index in [0.29, 0.717) is 11.4 Å². The van der Waals surface area contributed by atoms with Crippen LogP contribution in [0.3, 0.4) is 0 Å². The SMILES string of the molecule is Cc1cc(C)c(O)c(-c2nc3c(-c4cc(-c5cc(-c6ccc(C(C)(C)C)cc6)ccn5)cc(C(C)(C)C)c4)cccc3n2-c2cc(-c3ccccc3)cc(C(C)(C)C)c2)c1. The van der Waals surface area contributed by atoms with Crippen LogP contribution in [-0.2, 0) is 16.2 Å². The number of para-hydroxylation sites is 1. The first-order valence-electron chi connectivity index (χ1n) is 21.1. The molecule has 0 bridgehead atoms. The Hall–Kier alpha value is -6.26. The molecule has 4 heteroatoms. The van der Waals surface area contributed by atoms with E-state index in [0.717, 1.165) is 66.9 Å². The first-order valence-corrected chi connectivity index (χ1v) is 21.1. The van der Waals surface area contributed by atoms with Gasteiger partial charge in [0.25, 0.3) is 0 Å². The van der Waals surface area contributed by atoms with Gasteiger partial charge in [-0.25, -0.2) is 4.98 Å². The van der Waals surface area contributed by atoms with Crippen LogP contribution in [0, 0.1) is 13.8 Å². The Bertz CT molecular complexity index is 2880. The third-order valence-electron chi connectivity index (χ3n) is 11.8. The molecule has 0 spiro atoms. The Morgan fingerprint density at radius 2 is 1.12 bits per heavy atom. The molecule has 2 heterocycles. The number of hydrogen-bond donors (Lipinski definition) is 1. The molecule has 0 radical (unpaired) electrons. The number of pyridine rings is 1. The molecule has 6 aromatic carbocycles. The maximum absolute atomic E-state index is 11.8. The van der Waals surface area contributed by atoms with Crippen LogP contribution in [0.25, 0.3) is 72.7 Å². The van der Waals surface area contributed by atoms with Gasteiger partial charge in [-0.05, 0) is 134 Å². The van der Waals surface area contributed by atoms with Gasteiger partial charge in [0.2, 0.25) is 0 Å². The summed E-state index contributed by atoms with van der Waals surface area (Å²) in [6.45, 7) is 24.3. The number of imidazole rings is 1. The van der Waals surface area contributed by atoms with Gasteiger partial charge in [0.05, 0.1) is 22.3 Å². The van der Waals surface area contributed by atoms with E-state index in [1.54, 1.807) is 0 Å². The van der Waals surface area contributed by atoms with Crippen molar-refractivity contribution in [2.24, 2.45) is 0 Å². The van der Waals surface area contributed by atoms with Crippen molar-refractivity contribution < 1.29 is 5.11 Å². The van der Waals surface area contributed by atoms with Crippen molar-refractivity contribution >= 4 is 11.0 Å². The Kier molecular flexibility index (Phi) is 10.2. The first-order chi connectivity index (χ1) is 28.3. The Balaban J connectivity index is 1.37. The molecule has 1 N–H and O–H groups in total. The predicted molar refractivity (Wildman–Crippen MR) is 253 cm³/mol. The van der Waals surface area contributed by atoms with Crippen LogP contribution < -0.4 is 0 Å². The number of aromatic hydroxyl groups is 1. The molecule has 0 aliphatic heterocycles. The number of benzene rings is 6. The fraction of sp³-hybridized carbons (Fsp3) is 0.250. The summed E-state index contributed by atoms with van der Waals surface area (Å²) < 4.78 is 2.25. The van der Waals surface area contributed by atoms with Gasteiger partial charge in [0.15, 0.2) is 0 Å². The van der Waals surface area contributed by atoms with Crippen molar-refractivity contribution in [2.75, 3.05) is 0 Å². The quantitative estimate of drug-likeness (QED) is 0.183. The highest BCUT2D eigenvalue weighted by atomic mass is 16.3. The van der Waals surface area contributed by atoms with Crippen LogP contribution in [0.1, 0.15) is 90.1 Å². The van der Waals surface area contributed by atoms with Crippen molar-refractivity contribution in [1.82, 2.24) is 14.5 Å². The fourth-order valence-corrected chi connectivity index (χ4v) is 8.17. The molecular formula is C56H57N3O. The highest BCUT2D eigenvalue weighted by molar-refractivity contribution is 5.97. The molecule has 0 fully saturated rings. The summed E-state index contributed by atoms with van der Waals surface area (Å²) in [6.07, 6.45) is 1.92. The van der Waals surface area contributed by atoms with Crippen LogP contribution in [-0.4, -0.2) is 19.6 Å². The molecule has 302 valence electrons. The fourth-order valence-electron chi connectivity index (χ4n) is 8.17. The third-order valence-corrected chi connectivity index (χ3v) is 11.8. The lowest BCUT2D eigenvalue weighted by molar-refractivity contribution is 0.472. The van der Waals surface area contributed by atoms with Gasteiger partial charge >= 0.3 is 0 Å². The lowest BCUT2D eigenvalue weighted by Crippen LogP contribution is -2.12. The van der Waals surface area contributed by atoms with Crippen molar-refractivity contribution in [2.45, 2.75) is 92.4 Å². The Labute approximate surface area is 356 Å². The predicted octanol–water partition coefficient (Wildman–Crippen LogP) is 15.0. The van der Waals surface area contributed by atoms with E-state index in [2.05, 4.69) is 201 Å². The molecule has 8 rings (SSSR count). The number of rotatable bonds is 6. The van der Waals surface area contributed by atoms with Gasteiger partial charge in [-0.2, -0.15) is 0 Å². The summed E-state index contributed by atoms with van der Waals surface area (Å²) in [6, 6.07) is 48.1. The van der Waals surface area contributed by atoms with E-state index in [9.17, 15) is 5.11 Å². The van der Waals surface area contributed by atoms with Crippen LogP contribution >= 0.6 is 0 Å². The molecule has 2 aromatic heterocycles. The smallest absolute Gasteiger partial charge is 0.149 e. The zero-order valence-electron chi connectivity index (χ0n) is 37.1. The molecule has 0 saturated carbocycles. The van der Waals surface area contributed by atoms with Gasteiger partial charge in [0, 0.05) is 23.0 Å². The standard InChI is InChI=1S/C56H57N3O/c1-35-26-36(2)52(60)48(27-35)53-58-51-47(18-15-19-50(51)59(53)46-32-40(37-16-13-12-14-17-37)29-45(34-46)56(9,10)11)41-28-42(31-44(30-41)55(6,7)8)49-33-39(24-25-57-49)38-20-22-43(23-21-38)54(3,4)5/h12-34,60H,1-11H3. The number of aromatic nitrogens is 3. The number of phenolic OH excluding ortho intramolecular Hbond substituents is 1. The minimum absolute atomic E-state index is 0.0894. The van der Waals surface area contributed by atoms with Crippen molar-refractivity contribution in [3.8, 4) is 67.5 Å². The summed E-state index contributed by atoms with van der Waals surface area (Å²) in [5.74, 6) is 0.941. The average Bonchev–Trinajstić information content (AvgIpc) is 3.61. The highest BCUT2D eigenvalue weighted by Gasteiger charge is 2.25. The highest BCUT2D eigenvalue weighted by Crippen LogP contribution is 2.42. The number of hydrogen-bond acceptors (Lipinski definition) is 3. The Morgan fingerprint density at radius 1 is 0.483 bits per heavy atom. The summed E-state index contributed by atoms with van der Waals surface area (Å²) in [4.78, 5) is 10.5. The van der Waals surface area contributed by atoms with Crippen LogP contribution in [0.4, 0.5) is 0 Å². The average molecular weight is 788 g/mol. The van der Waals surface area contributed by atoms with Crippen molar-refractivity contribution in [3.05, 3.63) is 167 Å². The first kappa shape index (κ1) is 40.5. The van der Waals surface area contributed by atoms with Gasteiger partial charge < -0.3 is 5.11 Å². The van der Waals surface area contributed by atoms with Crippen molar-refractivity contribution in [3.63, 3.8) is 0 Å². The maximum atomic E-state index is 11.8. The molecule has 0 aliphatic carbocycles. The number of phenols is 1. The zero-order valence-corrected chi connectivity index (χ0v) is 37.1. The maximum Gasteiger partial charge on any atom is 0.149 e. The molecule has 60 heavy (non-hydrogen) atoms.